The molecule has 6 heteroatoms. The SMILES string of the molecule is O=C(c1cccc(Br)c1)N(CCc1c[nH]c2ccccc12)Cc1ccc2c(c1)OCO2. The second kappa shape index (κ2) is 8.47. The lowest BCUT2D eigenvalue weighted by molar-refractivity contribution is 0.0745. The van der Waals surface area contributed by atoms with Gasteiger partial charge in [0.15, 0.2) is 11.5 Å². The topological polar surface area (TPSA) is 54.6 Å². The van der Waals surface area contributed by atoms with Crippen molar-refractivity contribution in [1.82, 2.24) is 9.88 Å². The predicted octanol–water partition coefficient (Wildman–Crippen LogP) is 5.54. The van der Waals surface area contributed by atoms with Gasteiger partial charge in [-0.15, -0.1) is 0 Å². The Morgan fingerprint density at radius 2 is 1.87 bits per heavy atom. The van der Waals surface area contributed by atoms with Crippen LogP contribution in [0.15, 0.2) is 77.4 Å². The summed E-state index contributed by atoms with van der Waals surface area (Å²) in [5.74, 6) is 1.47. The van der Waals surface area contributed by atoms with Gasteiger partial charge in [0, 0.05) is 40.2 Å². The zero-order valence-electron chi connectivity index (χ0n) is 16.8. The zero-order chi connectivity index (χ0) is 21.2. The van der Waals surface area contributed by atoms with Gasteiger partial charge in [-0.05, 0) is 53.9 Å². The van der Waals surface area contributed by atoms with E-state index in [4.69, 9.17) is 9.47 Å². The molecule has 0 radical (unpaired) electrons. The zero-order valence-corrected chi connectivity index (χ0v) is 18.4. The summed E-state index contributed by atoms with van der Waals surface area (Å²) in [5.41, 5.74) is 3.98. The molecule has 0 spiro atoms. The first-order valence-corrected chi connectivity index (χ1v) is 10.9. The van der Waals surface area contributed by atoms with E-state index in [1.165, 1.54) is 10.9 Å². The van der Waals surface area contributed by atoms with Gasteiger partial charge >= 0.3 is 0 Å². The molecular formula is C25H21BrN2O3. The standard InChI is InChI=1S/C25H21BrN2O3/c26-20-5-3-4-18(13-20)25(29)28(15-17-8-9-23-24(12-17)31-16-30-23)11-10-19-14-27-22-7-2-1-6-21(19)22/h1-9,12-14,27H,10-11,15-16H2. The maximum absolute atomic E-state index is 13.4. The van der Waals surface area contributed by atoms with Crippen LogP contribution in [0.25, 0.3) is 10.9 Å². The number of aromatic amines is 1. The highest BCUT2D eigenvalue weighted by molar-refractivity contribution is 9.10. The summed E-state index contributed by atoms with van der Waals surface area (Å²) in [6.07, 6.45) is 2.79. The average Bonchev–Trinajstić information content (AvgIpc) is 3.42. The van der Waals surface area contributed by atoms with E-state index in [1.807, 2.05) is 65.7 Å². The Kier molecular flexibility index (Phi) is 5.38. The van der Waals surface area contributed by atoms with Crippen molar-refractivity contribution in [2.24, 2.45) is 0 Å². The van der Waals surface area contributed by atoms with Crippen LogP contribution in [-0.2, 0) is 13.0 Å². The lowest BCUT2D eigenvalue weighted by Gasteiger charge is -2.23. The van der Waals surface area contributed by atoms with Crippen molar-refractivity contribution in [3.63, 3.8) is 0 Å². The van der Waals surface area contributed by atoms with Gasteiger partial charge in [0.25, 0.3) is 5.91 Å². The van der Waals surface area contributed by atoms with Gasteiger partial charge in [0.05, 0.1) is 0 Å². The Morgan fingerprint density at radius 1 is 1.00 bits per heavy atom. The van der Waals surface area contributed by atoms with Crippen molar-refractivity contribution in [2.75, 3.05) is 13.3 Å². The molecule has 0 bridgehead atoms. The molecule has 0 unspecified atom stereocenters. The molecule has 0 atom stereocenters. The number of carbonyl (C=O) groups excluding carboxylic acids is 1. The van der Waals surface area contributed by atoms with Gasteiger partial charge in [-0.1, -0.05) is 46.3 Å². The van der Waals surface area contributed by atoms with E-state index in [1.54, 1.807) is 0 Å². The molecule has 0 saturated carbocycles. The molecule has 3 aromatic carbocycles. The molecule has 0 saturated heterocycles. The molecule has 0 fully saturated rings. The Balaban J connectivity index is 1.41. The van der Waals surface area contributed by atoms with Gasteiger partial charge in [-0.25, -0.2) is 0 Å². The number of hydrogen-bond acceptors (Lipinski definition) is 3. The quantitative estimate of drug-likeness (QED) is 0.397. The number of nitrogens with one attached hydrogen (secondary N) is 1. The Morgan fingerprint density at radius 3 is 2.77 bits per heavy atom. The number of halogens is 1. The molecule has 1 amide bonds. The van der Waals surface area contributed by atoms with Crippen LogP contribution >= 0.6 is 15.9 Å². The highest BCUT2D eigenvalue weighted by atomic mass is 79.9. The number of rotatable bonds is 6. The van der Waals surface area contributed by atoms with E-state index < -0.39 is 0 Å². The van der Waals surface area contributed by atoms with E-state index in [9.17, 15) is 4.79 Å². The molecule has 0 aliphatic carbocycles. The van der Waals surface area contributed by atoms with E-state index >= 15 is 0 Å². The summed E-state index contributed by atoms with van der Waals surface area (Å²) in [6, 6.07) is 21.6. The first-order chi connectivity index (χ1) is 15.2. The Bertz CT molecular complexity index is 1250. The number of H-pyrrole nitrogens is 1. The molecular weight excluding hydrogens is 456 g/mol. The monoisotopic (exact) mass is 476 g/mol. The molecule has 5 rings (SSSR count). The van der Waals surface area contributed by atoms with Crippen molar-refractivity contribution in [1.29, 1.82) is 0 Å². The normalized spacial score (nSPS) is 12.3. The summed E-state index contributed by atoms with van der Waals surface area (Å²) in [6.45, 7) is 1.33. The number of para-hydroxylation sites is 1. The number of amides is 1. The van der Waals surface area contributed by atoms with Crippen LogP contribution in [-0.4, -0.2) is 29.1 Å². The molecule has 156 valence electrons. The summed E-state index contributed by atoms with van der Waals surface area (Å²) in [7, 11) is 0. The Hall–Kier alpha value is -3.25. The van der Waals surface area contributed by atoms with Gasteiger partial charge in [-0.3, -0.25) is 4.79 Å². The van der Waals surface area contributed by atoms with Crippen LogP contribution in [0.5, 0.6) is 11.5 Å². The lowest BCUT2D eigenvalue weighted by Crippen LogP contribution is -2.32. The van der Waals surface area contributed by atoms with Gasteiger partial charge < -0.3 is 19.4 Å². The minimum absolute atomic E-state index is 0.00110. The van der Waals surface area contributed by atoms with Crippen LogP contribution in [0.1, 0.15) is 21.5 Å². The van der Waals surface area contributed by atoms with Gasteiger partial charge in [0.2, 0.25) is 6.79 Å². The molecule has 1 aromatic heterocycles. The maximum Gasteiger partial charge on any atom is 0.254 e. The second-order valence-corrected chi connectivity index (χ2v) is 8.45. The lowest BCUT2D eigenvalue weighted by atomic mass is 10.1. The van der Waals surface area contributed by atoms with Crippen molar-refractivity contribution in [3.05, 3.63) is 94.1 Å². The van der Waals surface area contributed by atoms with Crippen molar-refractivity contribution in [2.45, 2.75) is 13.0 Å². The molecule has 4 aromatic rings. The summed E-state index contributed by atoms with van der Waals surface area (Å²) in [4.78, 5) is 18.6. The van der Waals surface area contributed by atoms with Crippen molar-refractivity contribution < 1.29 is 14.3 Å². The molecule has 1 aliphatic heterocycles. The van der Waals surface area contributed by atoms with E-state index in [-0.39, 0.29) is 12.7 Å². The van der Waals surface area contributed by atoms with E-state index in [2.05, 4.69) is 33.0 Å². The number of nitrogens with zero attached hydrogens (tertiary/aromatic N) is 1. The number of carbonyl (C=O) groups is 1. The maximum atomic E-state index is 13.4. The van der Waals surface area contributed by atoms with Crippen LogP contribution in [0.3, 0.4) is 0 Å². The smallest absolute Gasteiger partial charge is 0.254 e. The highest BCUT2D eigenvalue weighted by Crippen LogP contribution is 2.33. The van der Waals surface area contributed by atoms with Crippen LogP contribution in [0, 0.1) is 0 Å². The summed E-state index contributed by atoms with van der Waals surface area (Å²) in [5, 5.41) is 1.19. The number of fused-ring (bicyclic) bond motifs is 2. The van der Waals surface area contributed by atoms with Gasteiger partial charge in [-0.2, -0.15) is 0 Å². The van der Waals surface area contributed by atoms with E-state index in [0.29, 0.717) is 18.7 Å². The number of benzene rings is 3. The Labute approximate surface area is 188 Å². The van der Waals surface area contributed by atoms with Crippen molar-refractivity contribution >= 4 is 32.7 Å². The van der Waals surface area contributed by atoms with Gasteiger partial charge in [0.1, 0.15) is 0 Å². The first-order valence-electron chi connectivity index (χ1n) is 10.2. The molecule has 31 heavy (non-hydrogen) atoms. The third-order valence-corrected chi connectivity index (χ3v) is 5.99. The first kappa shape index (κ1) is 19.7. The average molecular weight is 477 g/mol. The summed E-state index contributed by atoms with van der Waals surface area (Å²) < 4.78 is 11.8. The largest absolute Gasteiger partial charge is 0.454 e. The van der Waals surface area contributed by atoms with Crippen molar-refractivity contribution in [3.8, 4) is 11.5 Å². The fraction of sp³-hybridized carbons (Fsp3) is 0.160. The van der Waals surface area contributed by atoms with E-state index in [0.717, 1.165) is 33.5 Å². The van der Waals surface area contributed by atoms with Crippen LogP contribution in [0.2, 0.25) is 0 Å². The highest BCUT2D eigenvalue weighted by Gasteiger charge is 2.19. The molecule has 1 N–H and O–H groups in total. The number of aromatic nitrogens is 1. The number of ether oxygens (including phenoxy) is 2. The molecule has 2 heterocycles. The van der Waals surface area contributed by atoms with Crippen LogP contribution in [0.4, 0.5) is 0 Å². The molecule has 1 aliphatic rings. The fourth-order valence-electron chi connectivity index (χ4n) is 3.91. The third-order valence-electron chi connectivity index (χ3n) is 5.50. The minimum atomic E-state index is -0.00110. The van der Waals surface area contributed by atoms with Crippen LogP contribution < -0.4 is 9.47 Å². The molecule has 5 nitrogen and oxygen atoms in total. The summed E-state index contributed by atoms with van der Waals surface area (Å²) >= 11 is 3.47. The minimum Gasteiger partial charge on any atom is -0.454 e. The fourth-order valence-corrected chi connectivity index (χ4v) is 4.31. The number of hydrogen-bond donors (Lipinski definition) is 1. The predicted molar refractivity (Wildman–Crippen MR) is 123 cm³/mol. The second-order valence-electron chi connectivity index (χ2n) is 7.53. The third kappa shape index (κ3) is 4.16.